The number of hydrogen-bond donors (Lipinski definition) is 1. The lowest BCUT2D eigenvalue weighted by atomic mass is 9.76. The Labute approximate surface area is 126 Å². The van der Waals surface area contributed by atoms with Crippen molar-refractivity contribution >= 4 is 21.9 Å². The molecule has 1 aromatic rings. The Balaban J connectivity index is 2.01. The maximum atomic E-state index is 13.5. The zero-order valence-electron chi connectivity index (χ0n) is 11.5. The summed E-state index contributed by atoms with van der Waals surface area (Å²) in [7, 11) is 0. The number of carboxylic acid groups (broad SMARTS) is 1. The zero-order valence-corrected chi connectivity index (χ0v) is 13.1. The summed E-state index contributed by atoms with van der Waals surface area (Å²) in [5.74, 6) is -0.945. The molecule has 1 aliphatic heterocycles. The van der Waals surface area contributed by atoms with Crippen LogP contribution in [0.1, 0.15) is 31.7 Å². The van der Waals surface area contributed by atoms with Crippen LogP contribution in [0.2, 0.25) is 0 Å². The average Bonchev–Trinajstić information content (AvgIpc) is 2.44. The van der Waals surface area contributed by atoms with Gasteiger partial charge < -0.3 is 5.11 Å². The molecule has 1 N–H and O–H groups in total. The molecule has 1 saturated heterocycles. The molecule has 0 atom stereocenters. The van der Waals surface area contributed by atoms with E-state index < -0.39 is 11.4 Å². The molecule has 0 amide bonds. The quantitative estimate of drug-likeness (QED) is 0.906. The van der Waals surface area contributed by atoms with Crippen LogP contribution in [0.4, 0.5) is 4.39 Å². The van der Waals surface area contributed by atoms with Gasteiger partial charge in [0.15, 0.2) is 0 Å². The zero-order chi connectivity index (χ0) is 14.8. The van der Waals surface area contributed by atoms with Crippen molar-refractivity contribution in [3.8, 4) is 0 Å². The minimum Gasteiger partial charge on any atom is -0.481 e. The Hall–Kier alpha value is -0.940. The summed E-state index contributed by atoms with van der Waals surface area (Å²) in [6.45, 7) is 4.07. The van der Waals surface area contributed by atoms with Gasteiger partial charge in [-0.15, -0.1) is 0 Å². The van der Waals surface area contributed by atoms with Gasteiger partial charge >= 0.3 is 5.97 Å². The lowest BCUT2D eigenvalue weighted by Crippen LogP contribution is -2.43. The Morgan fingerprint density at radius 2 is 2.10 bits per heavy atom. The third kappa shape index (κ3) is 3.04. The van der Waals surface area contributed by atoms with Gasteiger partial charge in [-0.3, -0.25) is 9.69 Å². The van der Waals surface area contributed by atoms with Gasteiger partial charge in [0.1, 0.15) is 5.82 Å². The molecule has 0 radical (unpaired) electrons. The van der Waals surface area contributed by atoms with Crippen LogP contribution in [0.15, 0.2) is 22.7 Å². The topological polar surface area (TPSA) is 40.5 Å². The van der Waals surface area contributed by atoms with E-state index in [4.69, 9.17) is 0 Å². The average molecular weight is 344 g/mol. The molecule has 0 saturated carbocycles. The molecule has 20 heavy (non-hydrogen) atoms. The second-order valence-electron chi connectivity index (χ2n) is 5.43. The number of rotatable bonds is 4. The number of likely N-dealkylation sites (tertiary alicyclic amines) is 1. The van der Waals surface area contributed by atoms with Crippen molar-refractivity contribution in [2.24, 2.45) is 5.41 Å². The number of aliphatic carboxylic acids is 1. The minimum absolute atomic E-state index is 0.257. The monoisotopic (exact) mass is 343 g/mol. The highest BCUT2D eigenvalue weighted by Crippen LogP contribution is 2.36. The van der Waals surface area contributed by atoms with Gasteiger partial charge in [0, 0.05) is 6.54 Å². The molecule has 110 valence electrons. The summed E-state index contributed by atoms with van der Waals surface area (Å²) in [6.07, 6.45) is 1.98. The third-order valence-electron chi connectivity index (χ3n) is 4.37. The number of piperidine rings is 1. The molecule has 2 rings (SSSR count). The minimum atomic E-state index is -0.688. The Kier molecular flexibility index (Phi) is 4.81. The van der Waals surface area contributed by atoms with Gasteiger partial charge in [-0.05, 0) is 59.9 Å². The Morgan fingerprint density at radius 3 is 2.65 bits per heavy atom. The van der Waals surface area contributed by atoms with Gasteiger partial charge in [0.2, 0.25) is 0 Å². The van der Waals surface area contributed by atoms with E-state index in [1.54, 1.807) is 6.07 Å². The van der Waals surface area contributed by atoms with Crippen molar-refractivity contribution in [2.45, 2.75) is 32.7 Å². The van der Waals surface area contributed by atoms with E-state index in [1.807, 2.05) is 13.0 Å². The van der Waals surface area contributed by atoms with Crippen LogP contribution >= 0.6 is 15.9 Å². The molecule has 0 aliphatic carbocycles. The number of benzene rings is 1. The van der Waals surface area contributed by atoms with Crippen LogP contribution in [-0.4, -0.2) is 29.1 Å². The Morgan fingerprint density at radius 1 is 1.45 bits per heavy atom. The van der Waals surface area contributed by atoms with Gasteiger partial charge in [-0.1, -0.05) is 19.1 Å². The van der Waals surface area contributed by atoms with Crippen molar-refractivity contribution in [3.05, 3.63) is 34.1 Å². The molecular formula is C15H19BrFNO2. The van der Waals surface area contributed by atoms with Crippen molar-refractivity contribution < 1.29 is 14.3 Å². The highest BCUT2D eigenvalue weighted by atomic mass is 79.9. The van der Waals surface area contributed by atoms with Crippen LogP contribution in [-0.2, 0) is 11.3 Å². The van der Waals surface area contributed by atoms with E-state index in [-0.39, 0.29) is 5.82 Å². The maximum absolute atomic E-state index is 13.5. The maximum Gasteiger partial charge on any atom is 0.309 e. The molecule has 1 aromatic carbocycles. The van der Waals surface area contributed by atoms with Crippen molar-refractivity contribution in [2.75, 3.05) is 13.1 Å². The van der Waals surface area contributed by atoms with Crippen molar-refractivity contribution in [1.82, 2.24) is 4.90 Å². The highest BCUT2D eigenvalue weighted by Gasteiger charge is 2.39. The first-order valence-corrected chi connectivity index (χ1v) is 7.66. The molecular weight excluding hydrogens is 325 g/mol. The summed E-state index contributed by atoms with van der Waals surface area (Å²) < 4.78 is 14.0. The van der Waals surface area contributed by atoms with E-state index in [0.29, 0.717) is 30.3 Å². The summed E-state index contributed by atoms with van der Waals surface area (Å²) in [4.78, 5) is 13.6. The lowest BCUT2D eigenvalue weighted by molar-refractivity contribution is -0.152. The summed E-state index contributed by atoms with van der Waals surface area (Å²) in [6, 6.07) is 5.02. The van der Waals surface area contributed by atoms with Crippen LogP contribution in [0.3, 0.4) is 0 Å². The summed E-state index contributed by atoms with van der Waals surface area (Å²) in [5.41, 5.74) is 0.333. The summed E-state index contributed by atoms with van der Waals surface area (Å²) >= 11 is 3.27. The largest absolute Gasteiger partial charge is 0.481 e. The molecule has 0 unspecified atom stereocenters. The van der Waals surface area contributed by atoms with E-state index in [0.717, 1.165) is 18.7 Å². The van der Waals surface area contributed by atoms with Gasteiger partial charge in [-0.2, -0.15) is 0 Å². The first-order valence-electron chi connectivity index (χ1n) is 6.87. The van der Waals surface area contributed by atoms with Gasteiger partial charge in [0.05, 0.1) is 9.89 Å². The predicted octanol–water partition coefficient (Wildman–Crippen LogP) is 3.67. The van der Waals surface area contributed by atoms with Crippen LogP contribution in [0, 0.1) is 11.2 Å². The van der Waals surface area contributed by atoms with Crippen molar-refractivity contribution in [1.29, 1.82) is 0 Å². The third-order valence-corrected chi connectivity index (χ3v) is 5.26. The molecule has 1 aliphatic rings. The molecule has 0 aromatic heterocycles. The molecule has 1 fully saturated rings. The highest BCUT2D eigenvalue weighted by molar-refractivity contribution is 9.10. The van der Waals surface area contributed by atoms with Crippen LogP contribution < -0.4 is 0 Å². The fourth-order valence-electron chi connectivity index (χ4n) is 2.77. The Bertz CT molecular complexity index is 499. The summed E-state index contributed by atoms with van der Waals surface area (Å²) in [5, 5.41) is 9.37. The molecule has 3 nitrogen and oxygen atoms in total. The fourth-order valence-corrected chi connectivity index (χ4v) is 3.16. The number of halogens is 2. The first-order chi connectivity index (χ1) is 9.48. The number of carboxylic acids is 1. The number of hydrogen-bond acceptors (Lipinski definition) is 2. The second-order valence-corrected chi connectivity index (χ2v) is 6.22. The van der Waals surface area contributed by atoms with Gasteiger partial charge in [0.25, 0.3) is 0 Å². The molecule has 1 heterocycles. The lowest BCUT2D eigenvalue weighted by Gasteiger charge is -2.38. The molecule has 5 heteroatoms. The van der Waals surface area contributed by atoms with E-state index in [2.05, 4.69) is 20.8 Å². The molecule has 0 bridgehead atoms. The normalized spacial score (nSPS) is 18.9. The fraction of sp³-hybridized carbons (Fsp3) is 0.533. The number of carbonyl (C=O) groups is 1. The van der Waals surface area contributed by atoms with Crippen molar-refractivity contribution in [3.63, 3.8) is 0 Å². The van der Waals surface area contributed by atoms with Gasteiger partial charge in [-0.25, -0.2) is 4.39 Å². The molecule has 0 spiro atoms. The smallest absolute Gasteiger partial charge is 0.309 e. The van der Waals surface area contributed by atoms with E-state index >= 15 is 0 Å². The first kappa shape index (κ1) is 15.4. The van der Waals surface area contributed by atoms with E-state index in [9.17, 15) is 14.3 Å². The second kappa shape index (κ2) is 6.22. The predicted molar refractivity (Wildman–Crippen MR) is 79.0 cm³/mol. The van der Waals surface area contributed by atoms with E-state index in [1.165, 1.54) is 6.07 Å². The van der Waals surface area contributed by atoms with Crippen LogP contribution in [0.25, 0.3) is 0 Å². The van der Waals surface area contributed by atoms with Crippen LogP contribution in [0.5, 0.6) is 0 Å². The number of nitrogens with zero attached hydrogens (tertiary/aromatic N) is 1. The standard InChI is InChI=1S/C15H19BrFNO2/c1-2-15(14(19)20)6-8-18(9-7-15)10-11-4-3-5-12(17)13(11)16/h3-5H,2,6-10H2,1H3,(H,19,20). The SMILES string of the molecule is CCC1(C(=O)O)CCN(Cc2cccc(F)c2Br)CC1.